The molecular formula is C10H11N3O. The lowest BCUT2D eigenvalue weighted by Crippen LogP contribution is -2.00. The maximum Gasteiger partial charge on any atom is 0.137 e. The normalized spacial score (nSPS) is 10.4. The van der Waals surface area contributed by atoms with Crippen molar-refractivity contribution in [3.8, 4) is 11.4 Å². The maximum absolute atomic E-state index is 5.05. The molecule has 0 radical (unpaired) electrons. The van der Waals surface area contributed by atoms with E-state index in [4.69, 9.17) is 5.90 Å². The first kappa shape index (κ1) is 8.93. The summed E-state index contributed by atoms with van der Waals surface area (Å²) in [4.78, 5) is 11.8. The second kappa shape index (κ2) is 4.04. The molecular weight excluding hydrogens is 178 g/mol. The van der Waals surface area contributed by atoms with Crippen LogP contribution in [0.4, 0.5) is 0 Å². The van der Waals surface area contributed by atoms with Gasteiger partial charge in [-0.2, -0.15) is 0 Å². The van der Waals surface area contributed by atoms with E-state index >= 15 is 0 Å². The van der Waals surface area contributed by atoms with Crippen LogP contribution in [0, 0.1) is 0 Å². The van der Waals surface area contributed by atoms with Gasteiger partial charge in [0.15, 0.2) is 0 Å². The van der Waals surface area contributed by atoms with Crippen LogP contribution in [0.5, 0.6) is 0 Å². The van der Waals surface area contributed by atoms with Crippen molar-refractivity contribution in [2.24, 2.45) is 5.90 Å². The Morgan fingerprint density at radius 1 is 1.36 bits per heavy atom. The summed E-state index contributed by atoms with van der Waals surface area (Å²) in [7, 11) is 0. The van der Waals surface area contributed by atoms with Crippen molar-refractivity contribution in [1.82, 2.24) is 9.97 Å². The first-order valence-electron chi connectivity index (χ1n) is 4.31. The molecule has 72 valence electrons. The van der Waals surface area contributed by atoms with Gasteiger partial charge < -0.3 is 4.98 Å². The van der Waals surface area contributed by atoms with E-state index in [2.05, 4.69) is 14.8 Å². The van der Waals surface area contributed by atoms with Gasteiger partial charge in [0.1, 0.15) is 5.82 Å². The molecule has 0 saturated carbocycles. The molecule has 14 heavy (non-hydrogen) atoms. The van der Waals surface area contributed by atoms with Crippen LogP contribution in [0.15, 0.2) is 36.7 Å². The summed E-state index contributed by atoms with van der Waals surface area (Å²) in [6.07, 6.45) is 3.50. The fourth-order valence-electron chi connectivity index (χ4n) is 1.38. The number of benzene rings is 1. The Bertz CT molecular complexity index is 398. The molecule has 0 unspecified atom stereocenters. The van der Waals surface area contributed by atoms with Crippen molar-refractivity contribution in [2.45, 2.75) is 6.61 Å². The van der Waals surface area contributed by atoms with Crippen LogP contribution in [-0.2, 0) is 11.4 Å². The largest absolute Gasteiger partial charge is 0.345 e. The van der Waals surface area contributed by atoms with Crippen molar-refractivity contribution in [1.29, 1.82) is 0 Å². The minimum Gasteiger partial charge on any atom is -0.345 e. The number of H-pyrrole nitrogens is 1. The standard InChI is InChI=1S/C10H11N3O/c11-14-7-8-3-1-2-4-9(8)10-12-5-6-13-10/h1-6H,7,11H2,(H,12,13). The second-order valence-electron chi connectivity index (χ2n) is 2.91. The molecule has 1 aromatic heterocycles. The molecule has 1 heterocycles. The van der Waals surface area contributed by atoms with Gasteiger partial charge in [-0.3, -0.25) is 4.84 Å². The predicted molar refractivity (Wildman–Crippen MR) is 53.0 cm³/mol. The molecule has 0 aliphatic rings. The fraction of sp³-hybridized carbons (Fsp3) is 0.100. The highest BCUT2D eigenvalue weighted by Gasteiger charge is 2.05. The topological polar surface area (TPSA) is 63.9 Å². The third-order valence-corrected chi connectivity index (χ3v) is 2.01. The third-order valence-electron chi connectivity index (χ3n) is 2.01. The monoisotopic (exact) mass is 189 g/mol. The maximum atomic E-state index is 5.05. The number of rotatable bonds is 3. The summed E-state index contributed by atoms with van der Waals surface area (Å²) >= 11 is 0. The lowest BCUT2D eigenvalue weighted by Gasteiger charge is -2.04. The summed E-state index contributed by atoms with van der Waals surface area (Å²) in [5.41, 5.74) is 2.04. The van der Waals surface area contributed by atoms with E-state index < -0.39 is 0 Å². The fourth-order valence-corrected chi connectivity index (χ4v) is 1.38. The van der Waals surface area contributed by atoms with Gasteiger partial charge in [0, 0.05) is 18.0 Å². The number of aromatic amines is 1. The minimum absolute atomic E-state index is 0.386. The third kappa shape index (κ3) is 1.66. The summed E-state index contributed by atoms with van der Waals surface area (Å²) in [6, 6.07) is 7.84. The molecule has 0 bridgehead atoms. The molecule has 0 fully saturated rings. The molecule has 4 nitrogen and oxygen atoms in total. The Balaban J connectivity index is 2.42. The summed E-state index contributed by atoms with van der Waals surface area (Å²) in [5.74, 6) is 5.88. The van der Waals surface area contributed by atoms with E-state index in [1.165, 1.54) is 0 Å². The molecule has 3 N–H and O–H groups in total. The van der Waals surface area contributed by atoms with E-state index in [1.807, 2.05) is 24.3 Å². The highest BCUT2D eigenvalue weighted by Crippen LogP contribution is 2.19. The molecule has 0 aliphatic carbocycles. The Morgan fingerprint density at radius 2 is 2.21 bits per heavy atom. The zero-order chi connectivity index (χ0) is 9.80. The molecule has 0 atom stereocenters. The van der Waals surface area contributed by atoms with Crippen LogP contribution in [-0.4, -0.2) is 9.97 Å². The van der Waals surface area contributed by atoms with Crippen LogP contribution in [0.2, 0.25) is 0 Å². The molecule has 1 aromatic carbocycles. The molecule has 0 aliphatic heterocycles. The first-order chi connectivity index (χ1) is 6.92. The summed E-state index contributed by atoms with van der Waals surface area (Å²) in [5, 5.41) is 0. The number of nitrogens with zero attached hydrogens (tertiary/aromatic N) is 1. The van der Waals surface area contributed by atoms with Crippen LogP contribution >= 0.6 is 0 Å². The van der Waals surface area contributed by atoms with Crippen molar-refractivity contribution >= 4 is 0 Å². The Labute approximate surface area is 81.7 Å². The van der Waals surface area contributed by atoms with Crippen molar-refractivity contribution in [3.05, 3.63) is 42.2 Å². The van der Waals surface area contributed by atoms with Crippen LogP contribution in [0.25, 0.3) is 11.4 Å². The van der Waals surface area contributed by atoms with Gasteiger partial charge in [-0.05, 0) is 5.56 Å². The van der Waals surface area contributed by atoms with Gasteiger partial charge in [0.25, 0.3) is 0 Å². The molecule has 0 spiro atoms. The first-order valence-corrected chi connectivity index (χ1v) is 4.31. The van der Waals surface area contributed by atoms with E-state index in [-0.39, 0.29) is 0 Å². The van der Waals surface area contributed by atoms with Crippen LogP contribution in [0.3, 0.4) is 0 Å². The molecule has 0 saturated heterocycles. The van der Waals surface area contributed by atoms with E-state index in [1.54, 1.807) is 12.4 Å². The number of nitrogens with two attached hydrogens (primary N) is 1. The lowest BCUT2D eigenvalue weighted by molar-refractivity contribution is 0.124. The Kier molecular flexibility index (Phi) is 2.58. The van der Waals surface area contributed by atoms with E-state index in [0.717, 1.165) is 17.0 Å². The Morgan fingerprint density at radius 3 is 2.93 bits per heavy atom. The number of hydrogen-bond acceptors (Lipinski definition) is 3. The van der Waals surface area contributed by atoms with E-state index in [0.29, 0.717) is 6.61 Å². The summed E-state index contributed by atoms with van der Waals surface area (Å²) in [6.45, 7) is 0.386. The average Bonchev–Trinajstić information content (AvgIpc) is 2.72. The van der Waals surface area contributed by atoms with Gasteiger partial charge in [-0.25, -0.2) is 10.9 Å². The molecule has 4 heteroatoms. The zero-order valence-electron chi connectivity index (χ0n) is 7.60. The highest BCUT2D eigenvalue weighted by molar-refractivity contribution is 5.59. The molecule has 0 amide bonds. The van der Waals surface area contributed by atoms with Gasteiger partial charge in [-0.1, -0.05) is 24.3 Å². The number of nitrogens with one attached hydrogen (secondary N) is 1. The molecule has 2 rings (SSSR count). The average molecular weight is 189 g/mol. The number of imidazole rings is 1. The van der Waals surface area contributed by atoms with Gasteiger partial charge in [0.05, 0.1) is 6.61 Å². The van der Waals surface area contributed by atoms with Crippen molar-refractivity contribution in [2.75, 3.05) is 0 Å². The summed E-state index contributed by atoms with van der Waals surface area (Å²) < 4.78 is 0. The van der Waals surface area contributed by atoms with E-state index in [9.17, 15) is 0 Å². The van der Waals surface area contributed by atoms with Crippen LogP contribution < -0.4 is 5.90 Å². The number of aromatic nitrogens is 2. The second-order valence-corrected chi connectivity index (χ2v) is 2.91. The van der Waals surface area contributed by atoms with Gasteiger partial charge in [0.2, 0.25) is 0 Å². The van der Waals surface area contributed by atoms with Gasteiger partial charge in [-0.15, -0.1) is 0 Å². The molecule has 2 aromatic rings. The van der Waals surface area contributed by atoms with Gasteiger partial charge >= 0.3 is 0 Å². The predicted octanol–water partition coefficient (Wildman–Crippen LogP) is 1.47. The quantitative estimate of drug-likeness (QED) is 0.718. The Hall–Kier alpha value is -1.65. The highest BCUT2D eigenvalue weighted by atomic mass is 16.6. The van der Waals surface area contributed by atoms with Crippen LogP contribution in [0.1, 0.15) is 5.56 Å². The minimum atomic E-state index is 0.386. The smallest absolute Gasteiger partial charge is 0.137 e. The zero-order valence-corrected chi connectivity index (χ0v) is 7.60. The number of hydrogen-bond donors (Lipinski definition) is 2. The van der Waals surface area contributed by atoms with Crippen molar-refractivity contribution in [3.63, 3.8) is 0 Å². The SMILES string of the molecule is NOCc1ccccc1-c1ncc[nH]1. The lowest BCUT2D eigenvalue weighted by atomic mass is 10.1. The van der Waals surface area contributed by atoms with Crippen molar-refractivity contribution < 1.29 is 4.84 Å².